The zero-order valence-electron chi connectivity index (χ0n) is 8.13. The first-order valence-corrected chi connectivity index (χ1v) is 6.96. The van der Waals surface area contributed by atoms with Crippen LogP contribution in [0.1, 0.15) is 11.1 Å². The van der Waals surface area contributed by atoms with Gasteiger partial charge in [-0.25, -0.2) is 0 Å². The summed E-state index contributed by atoms with van der Waals surface area (Å²) < 4.78 is 2.70. The SMILES string of the molecule is CSc1sc2cccc(C)c2c1CCl. The van der Waals surface area contributed by atoms with Gasteiger partial charge in [-0.3, -0.25) is 0 Å². The molecule has 0 aliphatic carbocycles. The molecule has 74 valence electrons. The van der Waals surface area contributed by atoms with Crippen molar-refractivity contribution in [2.45, 2.75) is 17.0 Å². The lowest BCUT2D eigenvalue weighted by molar-refractivity contribution is 1.37. The highest BCUT2D eigenvalue weighted by Crippen LogP contribution is 2.39. The Hall–Kier alpha value is -0.180. The Morgan fingerprint density at radius 1 is 1.43 bits per heavy atom. The molecule has 0 spiro atoms. The van der Waals surface area contributed by atoms with Crippen LogP contribution in [0.2, 0.25) is 0 Å². The minimum Gasteiger partial charge on any atom is -0.128 e. The van der Waals surface area contributed by atoms with Crippen molar-refractivity contribution < 1.29 is 0 Å². The number of hydrogen-bond donors (Lipinski definition) is 0. The van der Waals surface area contributed by atoms with Crippen molar-refractivity contribution in [2.24, 2.45) is 0 Å². The van der Waals surface area contributed by atoms with Crippen LogP contribution >= 0.6 is 34.7 Å². The molecule has 14 heavy (non-hydrogen) atoms. The highest BCUT2D eigenvalue weighted by Gasteiger charge is 2.11. The van der Waals surface area contributed by atoms with Gasteiger partial charge in [0.1, 0.15) is 0 Å². The van der Waals surface area contributed by atoms with E-state index in [0.29, 0.717) is 5.88 Å². The Labute approximate surface area is 97.3 Å². The molecule has 0 aliphatic rings. The number of aryl methyl sites for hydroxylation is 1. The predicted molar refractivity (Wildman–Crippen MR) is 67.9 cm³/mol. The predicted octanol–water partition coefficient (Wildman–Crippen LogP) is 4.67. The van der Waals surface area contributed by atoms with E-state index in [2.05, 4.69) is 31.4 Å². The van der Waals surface area contributed by atoms with Crippen molar-refractivity contribution in [3.05, 3.63) is 29.3 Å². The molecule has 1 aromatic heterocycles. The molecule has 0 saturated carbocycles. The van der Waals surface area contributed by atoms with Crippen LogP contribution in [0.3, 0.4) is 0 Å². The lowest BCUT2D eigenvalue weighted by Gasteiger charge is -1.99. The molecule has 0 aliphatic heterocycles. The van der Waals surface area contributed by atoms with E-state index in [1.807, 2.05) is 11.3 Å². The lowest BCUT2D eigenvalue weighted by atomic mass is 10.1. The van der Waals surface area contributed by atoms with E-state index in [9.17, 15) is 0 Å². The van der Waals surface area contributed by atoms with E-state index in [4.69, 9.17) is 11.6 Å². The molecule has 0 amide bonds. The van der Waals surface area contributed by atoms with Crippen LogP contribution in [0.25, 0.3) is 10.1 Å². The maximum atomic E-state index is 6.00. The Morgan fingerprint density at radius 3 is 2.86 bits per heavy atom. The topological polar surface area (TPSA) is 0 Å². The third-order valence-electron chi connectivity index (χ3n) is 2.30. The summed E-state index contributed by atoms with van der Waals surface area (Å²) in [6, 6.07) is 6.42. The molecule has 1 heterocycles. The summed E-state index contributed by atoms with van der Waals surface area (Å²) in [6.07, 6.45) is 2.11. The summed E-state index contributed by atoms with van der Waals surface area (Å²) in [7, 11) is 0. The van der Waals surface area contributed by atoms with Crippen LogP contribution in [0.5, 0.6) is 0 Å². The second-order valence-corrected chi connectivity index (χ2v) is 5.55. The van der Waals surface area contributed by atoms with E-state index < -0.39 is 0 Å². The van der Waals surface area contributed by atoms with E-state index in [-0.39, 0.29) is 0 Å². The Morgan fingerprint density at radius 2 is 2.21 bits per heavy atom. The minimum absolute atomic E-state index is 0.612. The molecular formula is C11H11ClS2. The molecule has 0 nitrogen and oxygen atoms in total. The summed E-state index contributed by atoms with van der Waals surface area (Å²) in [5, 5.41) is 1.36. The number of fused-ring (bicyclic) bond motifs is 1. The number of alkyl halides is 1. The fourth-order valence-corrected chi connectivity index (χ4v) is 4.14. The Kier molecular flexibility index (Phi) is 3.05. The van der Waals surface area contributed by atoms with Gasteiger partial charge in [-0.15, -0.1) is 34.7 Å². The molecule has 0 bridgehead atoms. The molecule has 0 radical (unpaired) electrons. The molecule has 0 fully saturated rings. The van der Waals surface area contributed by atoms with E-state index >= 15 is 0 Å². The zero-order chi connectivity index (χ0) is 10.1. The van der Waals surface area contributed by atoms with E-state index in [0.717, 1.165) is 0 Å². The first-order valence-electron chi connectivity index (χ1n) is 4.39. The molecule has 0 N–H and O–H groups in total. The maximum absolute atomic E-state index is 6.00. The van der Waals surface area contributed by atoms with Gasteiger partial charge in [-0.05, 0) is 30.4 Å². The fraction of sp³-hybridized carbons (Fsp3) is 0.273. The standard InChI is InChI=1S/C11H11ClS2/c1-7-4-3-5-9-10(7)8(6-12)11(13-2)14-9/h3-5H,6H2,1-2H3. The van der Waals surface area contributed by atoms with Crippen LogP contribution in [-0.4, -0.2) is 6.26 Å². The molecule has 2 aromatic rings. The summed E-state index contributed by atoms with van der Waals surface area (Å²) >= 11 is 9.63. The summed E-state index contributed by atoms with van der Waals surface area (Å²) in [5.74, 6) is 0.612. The highest BCUT2D eigenvalue weighted by atomic mass is 35.5. The number of thiophene rings is 1. The third-order valence-corrected chi connectivity index (χ3v) is 4.93. The highest BCUT2D eigenvalue weighted by molar-refractivity contribution is 8.00. The largest absolute Gasteiger partial charge is 0.128 e. The normalized spacial score (nSPS) is 11.1. The van der Waals surface area contributed by atoms with Gasteiger partial charge in [0.25, 0.3) is 0 Å². The quantitative estimate of drug-likeness (QED) is 0.545. The van der Waals surface area contributed by atoms with Gasteiger partial charge in [-0.1, -0.05) is 12.1 Å². The van der Waals surface area contributed by atoms with Gasteiger partial charge in [0.05, 0.1) is 4.21 Å². The number of benzene rings is 1. The first-order chi connectivity index (χ1) is 6.77. The van der Waals surface area contributed by atoms with Crippen LogP contribution < -0.4 is 0 Å². The number of halogens is 1. The van der Waals surface area contributed by atoms with Crippen molar-refractivity contribution >= 4 is 44.8 Å². The lowest BCUT2D eigenvalue weighted by Crippen LogP contribution is -1.80. The van der Waals surface area contributed by atoms with Crippen molar-refractivity contribution in [3.8, 4) is 0 Å². The van der Waals surface area contributed by atoms with Crippen molar-refractivity contribution in [2.75, 3.05) is 6.26 Å². The molecule has 0 unspecified atom stereocenters. The molecular weight excluding hydrogens is 232 g/mol. The summed E-state index contributed by atoms with van der Waals surface area (Å²) in [6.45, 7) is 2.15. The van der Waals surface area contributed by atoms with Gasteiger partial charge in [0.2, 0.25) is 0 Å². The molecule has 0 saturated heterocycles. The maximum Gasteiger partial charge on any atom is 0.0652 e. The third kappa shape index (κ3) is 1.56. The van der Waals surface area contributed by atoms with Gasteiger partial charge in [0, 0.05) is 16.0 Å². The van der Waals surface area contributed by atoms with Crippen molar-refractivity contribution in [1.29, 1.82) is 0 Å². The van der Waals surface area contributed by atoms with Crippen LogP contribution in [-0.2, 0) is 5.88 Å². The minimum atomic E-state index is 0.612. The van der Waals surface area contributed by atoms with Crippen molar-refractivity contribution in [3.63, 3.8) is 0 Å². The van der Waals surface area contributed by atoms with Crippen LogP contribution in [0, 0.1) is 6.92 Å². The number of rotatable bonds is 2. The Bertz CT molecular complexity index is 460. The Balaban J connectivity index is 2.81. The summed E-state index contributed by atoms with van der Waals surface area (Å²) in [4.78, 5) is 0. The molecule has 1 aromatic carbocycles. The molecule has 2 rings (SSSR count). The zero-order valence-corrected chi connectivity index (χ0v) is 10.5. The second-order valence-electron chi connectivity index (χ2n) is 3.15. The van der Waals surface area contributed by atoms with Gasteiger partial charge in [-0.2, -0.15) is 0 Å². The van der Waals surface area contributed by atoms with Gasteiger partial charge < -0.3 is 0 Å². The van der Waals surface area contributed by atoms with Crippen molar-refractivity contribution in [1.82, 2.24) is 0 Å². The molecule has 0 atom stereocenters. The monoisotopic (exact) mass is 242 g/mol. The van der Waals surface area contributed by atoms with Gasteiger partial charge in [0.15, 0.2) is 0 Å². The van der Waals surface area contributed by atoms with Gasteiger partial charge >= 0.3 is 0 Å². The smallest absolute Gasteiger partial charge is 0.0652 e. The number of hydrogen-bond acceptors (Lipinski definition) is 2. The summed E-state index contributed by atoms with van der Waals surface area (Å²) in [5.41, 5.74) is 2.63. The average molecular weight is 243 g/mol. The van der Waals surface area contributed by atoms with Crippen LogP contribution in [0.15, 0.2) is 22.4 Å². The first kappa shape index (κ1) is 10.3. The second kappa shape index (κ2) is 4.13. The fourth-order valence-electron chi connectivity index (χ4n) is 1.66. The average Bonchev–Trinajstić information content (AvgIpc) is 2.56. The van der Waals surface area contributed by atoms with E-state index in [1.165, 1.54) is 25.4 Å². The van der Waals surface area contributed by atoms with E-state index in [1.54, 1.807) is 11.8 Å². The number of thioether (sulfide) groups is 1. The molecule has 3 heteroatoms. The van der Waals surface area contributed by atoms with Crippen LogP contribution in [0.4, 0.5) is 0 Å².